The van der Waals surface area contributed by atoms with Gasteiger partial charge in [-0.2, -0.15) is 5.06 Å². The van der Waals surface area contributed by atoms with Gasteiger partial charge >= 0.3 is 6.09 Å². The van der Waals surface area contributed by atoms with Crippen molar-refractivity contribution in [2.75, 3.05) is 7.11 Å². The van der Waals surface area contributed by atoms with Crippen molar-refractivity contribution in [1.29, 1.82) is 0 Å². The maximum Gasteiger partial charge on any atom is 0.408 e. The van der Waals surface area contributed by atoms with Gasteiger partial charge in [-0.05, 0) is 96.0 Å². The molecule has 4 fully saturated rings. The standard InChI is InChI=1S/C37H40N6O3/c1-19(2)36(42-37(44)45-3)46-43-32-16-27(32)17-33(43)35-38-18-31(41-35)24-7-6-20-10-21(4-5-22(20)11-24)23-8-9-29-30(15-23)40-34(39-29)28-13-25-12-26(25)14-28/h4-11,15,18-19,25-28,32-33,36H,12-14,16-17H2,1-3H3,(H,38,41)(H,39,40)(H,42,44)/t25-,26+,27-,28?,32-,33+,36-/m1/s1. The lowest BCUT2D eigenvalue weighted by Gasteiger charge is -2.31. The summed E-state index contributed by atoms with van der Waals surface area (Å²) in [4.78, 5) is 35.3. The van der Waals surface area contributed by atoms with E-state index >= 15 is 0 Å². The van der Waals surface area contributed by atoms with Crippen molar-refractivity contribution in [3.63, 3.8) is 0 Å². The number of rotatable bonds is 8. The average Bonchev–Trinajstić information content (AvgIpc) is 3.67. The highest BCUT2D eigenvalue weighted by Gasteiger charge is 2.55. The fourth-order valence-electron chi connectivity index (χ4n) is 8.01. The minimum atomic E-state index is -0.492. The van der Waals surface area contributed by atoms with E-state index in [2.05, 4.69) is 69.9 Å². The van der Waals surface area contributed by atoms with Gasteiger partial charge in [-0.25, -0.2) is 14.8 Å². The van der Waals surface area contributed by atoms with Crippen LogP contribution in [-0.2, 0) is 9.57 Å². The van der Waals surface area contributed by atoms with E-state index in [0.717, 1.165) is 52.8 Å². The second-order valence-electron chi connectivity index (χ2n) is 14.3. The number of aromatic amines is 2. The number of H-pyrrole nitrogens is 2. The Labute approximate surface area is 268 Å². The number of carbonyl (C=O) groups is 1. The number of hydrogen-bond acceptors (Lipinski definition) is 6. The predicted octanol–water partition coefficient (Wildman–Crippen LogP) is 7.69. The van der Waals surface area contributed by atoms with Crippen molar-refractivity contribution < 1.29 is 14.4 Å². The molecule has 46 heavy (non-hydrogen) atoms. The first kappa shape index (κ1) is 28.0. The van der Waals surface area contributed by atoms with Gasteiger partial charge in [0.05, 0.1) is 36.1 Å². The molecule has 3 aromatic carbocycles. The minimum Gasteiger partial charge on any atom is -0.453 e. The van der Waals surface area contributed by atoms with Gasteiger partial charge in [-0.1, -0.05) is 44.2 Å². The second-order valence-corrected chi connectivity index (χ2v) is 14.3. The van der Waals surface area contributed by atoms with Crippen LogP contribution in [0, 0.1) is 23.7 Å². The van der Waals surface area contributed by atoms with Crippen LogP contribution in [0.1, 0.15) is 69.6 Å². The average molecular weight is 617 g/mol. The number of carbonyl (C=O) groups excluding carboxylic acids is 1. The lowest BCUT2D eigenvalue weighted by atomic mass is 9.99. The highest BCUT2D eigenvalue weighted by Crippen LogP contribution is 2.57. The molecule has 1 saturated heterocycles. The molecule has 9 rings (SSSR count). The molecule has 7 atom stereocenters. The normalized spacial score (nSPS) is 27.2. The molecule has 0 bridgehead atoms. The van der Waals surface area contributed by atoms with Gasteiger partial charge < -0.3 is 14.7 Å². The molecular weight excluding hydrogens is 576 g/mol. The van der Waals surface area contributed by atoms with Crippen LogP contribution in [0.4, 0.5) is 4.79 Å². The quantitative estimate of drug-likeness (QED) is 0.154. The third kappa shape index (κ3) is 4.97. The summed E-state index contributed by atoms with van der Waals surface area (Å²) >= 11 is 0. The molecule has 236 valence electrons. The molecule has 1 unspecified atom stereocenters. The molecule has 3 aliphatic carbocycles. The molecule has 1 aliphatic heterocycles. The number of amides is 1. The van der Waals surface area contributed by atoms with E-state index < -0.39 is 12.3 Å². The minimum absolute atomic E-state index is 0.00766. The smallest absolute Gasteiger partial charge is 0.408 e. The number of ether oxygens (including phenoxy) is 1. The number of fused-ring (bicyclic) bond motifs is 4. The summed E-state index contributed by atoms with van der Waals surface area (Å²) in [6.07, 6.45) is 7.07. The van der Waals surface area contributed by atoms with E-state index in [1.165, 1.54) is 54.1 Å². The molecule has 5 aromatic rings. The fourth-order valence-corrected chi connectivity index (χ4v) is 8.01. The van der Waals surface area contributed by atoms with Gasteiger partial charge in [0.2, 0.25) is 0 Å². The first-order valence-electron chi connectivity index (χ1n) is 16.8. The van der Waals surface area contributed by atoms with Gasteiger partial charge in [-0.3, -0.25) is 10.2 Å². The number of alkyl carbamates (subject to hydrolysis) is 1. The lowest BCUT2D eigenvalue weighted by Crippen LogP contribution is -2.45. The molecule has 0 radical (unpaired) electrons. The Bertz CT molecular complexity index is 1950. The largest absolute Gasteiger partial charge is 0.453 e. The van der Waals surface area contributed by atoms with E-state index in [-0.39, 0.29) is 12.0 Å². The SMILES string of the molecule is COC(=O)N[C@H](ON1[C@@H]2C[C@@H]2C[C@H]1c1ncc(-c2ccc3cc(-c4ccc5nc(C6C[C@@H]7C[C@@H]7C6)[nH]c5c4)ccc3c2)[nH]1)C(C)C. The molecule has 3 N–H and O–H groups in total. The van der Waals surface area contributed by atoms with Crippen LogP contribution in [0.25, 0.3) is 44.2 Å². The summed E-state index contributed by atoms with van der Waals surface area (Å²) < 4.78 is 4.82. The Hall–Kier alpha value is -4.21. The van der Waals surface area contributed by atoms with Crippen molar-refractivity contribution in [1.82, 2.24) is 30.3 Å². The van der Waals surface area contributed by atoms with Gasteiger partial charge in [0.25, 0.3) is 0 Å². The zero-order chi connectivity index (χ0) is 31.1. The zero-order valence-electron chi connectivity index (χ0n) is 26.5. The van der Waals surface area contributed by atoms with E-state index in [1.807, 2.05) is 25.1 Å². The molecule has 0 spiro atoms. The van der Waals surface area contributed by atoms with E-state index in [0.29, 0.717) is 17.9 Å². The first-order chi connectivity index (χ1) is 22.4. The Kier molecular flexibility index (Phi) is 6.51. The monoisotopic (exact) mass is 616 g/mol. The number of nitrogens with zero attached hydrogens (tertiary/aromatic N) is 3. The van der Waals surface area contributed by atoms with Crippen LogP contribution >= 0.6 is 0 Å². The summed E-state index contributed by atoms with van der Waals surface area (Å²) in [7, 11) is 1.37. The van der Waals surface area contributed by atoms with Crippen molar-refractivity contribution in [2.24, 2.45) is 23.7 Å². The third-order valence-electron chi connectivity index (χ3n) is 10.9. The summed E-state index contributed by atoms with van der Waals surface area (Å²) in [6, 6.07) is 20.2. The summed E-state index contributed by atoms with van der Waals surface area (Å²) in [5.74, 6) is 5.23. The van der Waals surface area contributed by atoms with Crippen LogP contribution in [0.15, 0.2) is 60.8 Å². The second kappa shape index (κ2) is 10.7. The number of nitrogens with one attached hydrogen (secondary N) is 3. The maximum atomic E-state index is 11.9. The van der Waals surface area contributed by atoms with Crippen LogP contribution in [0.5, 0.6) is 0 Å². The number of hydroxylamine groups is 2. The topological polar surface area (TPSA) is 108 Å². The van der Waals surface area contributed by atoms with Crippen molar-refractivity contribution in [2.45, 2.75) is 70.2 Å². The number of imidazole rings is 2. The van der Waals surface area contributed by atoms with Crippen LogP contribution in [0.3, 0.4) is 0 Å². The number of piperidine rings is 1. The number of aromatic nitrogens is 4. The van der Waals surface area contributed by atoms with Gasteiger partial charge in [0, 0.05) is 23.4 Å². The Morgan fingerprint density at radius 3 is 2.39 bits per heavy atom. The molecule has 4 aliphatic rings. The highest BCUT2D eigenvalue weighted by atomic mass is 16.7. The zero-order valence-corrected chi connectivity index (χ0v) is 26.5. The molecule has 1 amide bonds. The Balaban J connectivity index is 0.932. The van der Waals surface area contributed by atoms with Crippen LogP contribution in [-0.4, -0.2) is 50.5 Å². The summed E-state index contributed by atoms with van der Waals surface area (Å²) in [6.45, 7) is 4.05. The molecule has 3 heterocycles. The van der Waals surface area contributed by atoms with Crippen LogP contribution < -0.4 is 5.32 Å². The Morgan fingerprint density at radius 2 is 1.61 bits per heavy atom. The number of hydrogen-bond donors (Lipinski definition) is 3. The van der Waals surface area contributed by atoms with Gasteiger partial charge in [0.15, 0.2) is 6.23 Å². The van der Waals surface area contributed by atoms with Crippen LogP contribution in [0.2, 0.25) is 0 Å². The van der Waals surface area contributed by atoms with Gasteiger partial charge in [-0.15, -0.1) is 0 Å². The van der Waals surface area contributed by atoms with Crippen molar-refractivity contribution in [3.05, 3.63) is 72.4 Å². The van der Waals surface area contributed by atoms with Crippen molar-refractivity contribution in [3.8, 4) is 22.4 Å². The number of benzene rings is 3. The lowest BCUT2D eigenvalue weighted by molar-refractivity contribution is -0.237. The van der Waals surface area contributed by atoms with E-state index in [4.69, 9.17) is 19.5 Å². The summed E-state index contributed by atoms with van der Waals surface area (Å²) in [5.41, 5.74) is 6.66. The number of methoxy groups -OCH3 is 1. The third-order valence-corrected chi connectivity index (χ3v) is 10.9. The van der Waals surface area contributed by atoms with E-state index in [1.54, 1.807) is 0 Å². The summed E-state index contributed by atoms with van der Waals surface area (Å²) in [5, 5.41) is 7.26. The fraction of sp³-hybridized carbons (Fsp3) is 0.432. The highest BCUT2D eigenvalue weighted by molar-refractivity contribution is 5.91. The predicted molar refractivity (Wildman–Crippen MR) is 177 cm³/mol. The molecule has 9 heteroatoms. The Morgan fingerprint density at radius 1 is 0.870 bits per heavy atom. The molecule has 3 saturated carbocycles. The molecule has 9 nitrogen and oxygen atoms in total. The molecule has 2 aromatic heterocycles. The van der Waals surface area contributed by atoms with E-state index in [9.17, 15) is 4.79 Å². The van der Waals surface area contributed by atoms with Crippen molar-refractivity contribution >= 4 is 27.9 Å². The maximum absolute atomic E-state index is 11.9. The molecular formula is C37H40N6O3. The first-order valence-corrected chi connectivity index (χ1v) is 16.8. The van der Waals surface area contributed by atoms with Gasteiger partial charge in [0.1, 0.15) is 11.6 Å².